The average Bonchev–Trinajstić information content (AvgIpc) is 2.98. The van der Waals surface area contributed by atoms with Crippen molar-refractivity contribution < 1.29 is 9.90 Å². The lowest BCUT2D eigenvalue weighted by molar-refractivity contribution is -0.144. The summed E-state index contributed by atoms with van der Waals surface area (Å²) in [6.45, 7) is 10.5. The van der Waals surface area contributed by atoms with E-state index in [0.717, 1.165) is 32.4 Å². The topological polar surface area (TPSA) is 52.6 Å². The lowest BCUT2D eigenvalue weighted by Crippen LogP contribution is -2.50. The molecule has 1 rings (SSSR count). The summed E-state index contributed by atoms with van der Waals surface area (Å²) in [5.74, 6) is -0.724. The molecule has 0 aromatic carbocycles. The maximum absolute atomic E-state index is 11.4. The Morgan fingerprint density at radius 3 is 2.32 bits per heavy atom. The second-order valence-electron chi connectivity index (χ2n) is 7.46. The first-order valence-corrected chi connectivity index (χ1v) is 7.32. The van der Waals surface area contributed by atoms with Gasteiger partial charge in [-0.05, 0) is 51.6 Å². The van der Waals surface area contributed by atoms with E-state index in [1.807, 2.05) is 6.92 Å². The zero-order chi connectivity index (χ0) is 14.7. The van der Waals surface area contributed by atoms with Gasteiger partial charge in [0.2, 0.25) is 0 Å². The van der Waals surface area contributed by atoms with Crippen LogP contribution in [0.15, 0.2) is 0 Å². The summed E-state index contributed by atoms with van der Waals surface area (Å²) in [6.07, 6.45) is 3.84. The first-order valence-electron chi connectivity index (χ1n) is 7.32. The third-order valence-corrected chi connectivity index (χ3v) is 3.53. The molecule has 1 fully saturated rings. The summed E-state index contributed by atoms with van der Waals surface area (Å²) >= 11 is 0. The molecule has 19 heavy (non-hydrogen) atoms. The average molecular weight is 270 g/mol. The number of nitrogens with one attached hydrogen (secondary N) is 1. The summed E-state index contributed by atoms with van der Waals surface area (Å²) in [4.78, 5) is 13.7. The number of nitrogens with zero attached hydrogens (tertiary/aromatic N) is 1. The van der Waals surface area contributed by atoms with Gasteiger partial charge in [-0.25, -0.2) is 0 Å². The van der Waals surface area contributed by atoms with Crippen LogP contribution in [0.3, 0.4) is 0 Å². The molecule has 4 nitrogen and oxygen atoms in total. The first kappa shape index (κ1) is 16.4. The Kier molecular flexibility index (Phi) is 5.39. The molecular weight excluding hydrogens is 240 g/mol. The van der Waals surface area contributed by atoms with Crippen molar-refractivity contribution in [1.29, 1.82) is 0 Å². The number of carboxylic acids is 1. The largest absolute Gasteiger partial charge is 0.480 e. The highest BCUT2D eigenvalue weighted by Gasteiger charge is 2.37. The fraction of sp³-hybridized carbons (Fsp3) is 0.933. The molecule has 1 unspecified atom stereocenters. The normalized spacial score (nSPS) is 19.5. The van der Waals surface area contributed by atoms with Gasteiger partial charge in [-0.15, -0.1) is 0 Å². The SMILES string of the molecule is CN(CCCC(C)(NC1CC1)C(=O)O)CC(C)(C)C. The van der Waals surface area contributed by atoms with Gasteiger partial charge < -0.3 is 10.0 Å². The van der Waals surface area contributed by atoms with Gasteiger partial charge in [0.05, 0.1) is 0 Å². The number of aliphatic carboxylic acids is 1. The van der Waals surface area contributed by atoms with Crippen LogP contribution in [-0.4, -0.2) is 47.7 Å². The standard InChI is InChI=1S/C15H30N2O2/c1-14(2,3)11-17(5)10-6-9-15(4,13(18)19)16-12-7-8-12/h12,16H,6-11H2,1-5H3,(H,18,19). The molecule has 1 aliphatic carbocycles. The van der Waals surface area contributed by atoms with E-state index in [4.69, 9.17) is 0 Å². The minimum absolute atomic E-state index is 0.289. The minimum Gasteiger partial charge on any atom is -0.480 e. The minimum atomic E-state index is -0.760. The van der Waals surface area contributed by atoms with Gasteiger partial charge in [0.1, 0.15) is 5.54 Å². The molecule has 2 N–H and O–H groups in total. The summed E-state index contributed by atoms with van der Waals surface area (Å²) in [5.41, 5.74) is -0.471. The fourth-order valence-electron chi connectivity index (χ4n) is 2.51. The van der Waals surface area contributed by atoms with E-state index >= 15 is 0 Å². The summed E-state index contributed by atoms with van der Waals surface area (Å²) in [5, 5.41) is 12.7. The predicted octanol–water partition coefficient (Wildman–Crippen LogP) is 2.34. The second kappa shape index (κ2) is 6.23. The van der Waals surface area contributed by atoms with Crippen molar-refractivity contribution >= 4 is 5.97 Å². The molecule has 0 spiro atoms. The molecule has 0 heterocycles. The molecule has 0 amide bonds. The van der Waals surface area contributed by atoms with Crippen LogP contribution in [0, 0.1) is 5.41 Å². The summed E-state index contributed by atoms with van der Waals surface area (Å²) < 4.78 is 0. The van der Waals surface area contributed by atoms with Crippen LogP contribution in [0.2, 0.25) is 0 Å². The van der Waals surface area contributed by atoms with Crippen LogP contribution in [0.25, 0.3) is 0 Å². The van der Waals surface area contributed by atoms with Gasteiger partial charge in [-0.3, -0.25) is 10.1 Å². The molecule has 1 aliphatic rings. The molecule has 0 aromatic heterocycles. The van der Waals surface area contributed by atoms with Gasteiger partial charge >= 0.3 is 5.97 Å². The van der Waals surface area contributed by atoms with Crippen molar-refractivity contribution in [1.82, 2.24) is 10.2 Å². The Morgan fingerprint density at radius 2 is 1.89 bits per heavy atom. The highest BCUT2D eigenvalue weighted by Crippen LogP contribution is 2.25. The fourth-order valence-corrected chi connectivity index (χ4v) is 2.51. The number of carbonyl (C=O) groups is 1. The number of rotatable bonds is 8. The Hall–Kier alpha value is -0.610. The van der Waals surface area contributed by atoms with E-state index in [0.29, 0.717) is 12.5 Å². The molecule has 0 bridgehead atoms. The van der Waals surface area contributed by atoms with Gasteiger partial charge in [0.15, 0.2) is 0 Å². The van der Waals surface area contributed by atoms with Gasteiger partial charge in [0, 0.05) is 12.6 Å². The lowest BCUT2D eigenvalue weighted by Gasteiger charge is -2.29. The summed E-state index contributed by atoms with van der Waals surface area (Å²) in [7, 11) is 2.11. The maximum Gasteiger partial charge on any atom is 0.323 e. The van der Waals surface area contributed by atoms with E-state index in [-0.39, 0.29) is 5.41 Å². The van der Waals surface area contributed by atoms with Crippen LogP contribution in [0.5, 0.6) is 0 Å². The van der Waals surface area contributed by atoms with E-state index in [2.05, 4.69) is 38.0 Å². The van der Waals surface area contributed by atoms with Crippen molar-refractivity contribution in [3.05, 3.63) is 0 Å². The molecule has 0 saturated heterocycles. The molecule has 0 aromatic rings. The van der Waals surface area contributed by atoms with Crippen LogP contribution in [0.1, 0.15) is 53.4 Å². The van der Waals surface area contributed by atoms with E-state index in [1.54, 1.807) is 0 Å². The number of carboxylic acid groups (broad SMARTS) is 1. The van der Waals surface area contributed by atoms with Crippen LogP contribution >= 0.6 is 0 Å². The molecule has 0 aliphatic heterocycles. The molecule has 0 radical (unpaired) electrons. The quantitative estimate of drug-likeness (QED) is 0.711. The van der Waals surface area contributed by atoms with E-state index in [9.17, 15) is 9.90 Å². The third kappa shape index (κ3) is 6.39. The van der Waals surface area contributed by atoms with Gasteiger partial charge in [0.25, 0.3) is 0 Å². The van der Waals surface area contributed by atoms with Crippen LogP contribution < -0.4 is 5.32 Å². The lowest BCUT2D eigenvalue weighted by atomic mass is 9.94. The Labute approximate surface area is 117 Å². The Balaban J connectivity index is 2.33. The second-order valence-corrected chi connectivity index (χ2v) is 7.46. The zero-order valence-corrected chi connectivity index (χ0v) is 13.1. The smallest absolute Gasteiger partial charge is 0.323 e. The first-order chi connectivity index (χ1) is 8.62. The highest BCUT2D eigenvalue weighted by atomic mass is 16.4. The van der Waals surface area contributed by atoms with Crippen molar-refractivity contribution in [3.8, 4) is 0 Å². The summed E-state index contributed by atoms with van der Waals surface area (Å²) in [6, 6.07) is 0.424. The van der Waals surface area contributed by atoms with Gasteiger partial charge in [-0.2, -0.15) is 0 Å². The van der Waals surface area contributed by atoms with Crippen molar-refractivity contribution in [3.63, 3.8) is 0 Å². The highest BCUT2D eigenvalue weighted by molar-refractivity contribution is 5.78. The molecule has 4 heteroatoms. The number of hydrogen-bond donors (Lipinski definition) is 2. The third-order valence-electron chi connectivity index (χ3n) is 3.53. The zero-order valence-electron chi connectivity index (χ0n) is 13.1. The van der Waals surface area contributed by atoms with Crippen LogP contribution in [-0.2, 0) is 4.79 Å². The van der Waals surface area contributed by atoms with Crippen molar-refractivity contribution in [2.45, 2.75) is 65.0 Å². The van der Waals surface area contributed by atoms with Crippen molar-refractivity contribution in [2.75, 3.05) is 20.1 Å². The van der Waals surface area contributed by atoms with E-state index < -0.39 is 11.5 Å². The number of hydrogen-bond acceptors (Lipinski definition) is 3. The molecule has 112 valence electrons. The molecule has 1 saturated carbocycles. The van der Waals surface area contributed by atoms with Gasteiger partial charge in [-0.1, -0.05) is 20.8 Å². The Morgan fingerprint density at radius 1 is 1.32 bits per heavy atom. The molecular formula is C15H30N2O2. The predicted molar refractivity (Wildman–Crippen MR) is 78.4 cm³/mol. The molecule has 1 atom stereocenters. The monoisotopic (exact) mass is 270 g/mol. The van der Waals surface area contributed by atoms with Crippen LogP contribution in [0.4, 0.5) is 0 Å². The Bertz CT molecular complexity index is 308. The van der Waals surface area contributed by atoms with Crippen molar-refractivity contribution in [2.24, 2.45) is 5.41 Å². The van der Waals surface area contributed by atoms with E-state index in [1.165, 1.54) is 0 Å². The maximum atomic E-state index is 11.4.